The van der Waals surface area contributed by atoms with E-state index in [9.17, 15) is 8.42 Å². The lowest BCUT2D eigenvalue weighted by Gasteiger charge is -2.17. The number of hydrogen-bond donors (Lipinski definition) is 2. The molecule has 0 fully saturated rings. The van der Waals surface area contributed by atoms with Crippen LogP contribution in [0.1, 0.15) is 17.4 Å². The first-order valence-corrected chi connectivity index (χ1v) is 11.3. The Bertz CT molecular complexity index is 1220. The van der Waals surface area contributed by atoms with Gasteiger partial charge in [0.2, 0.25) is 16.0 Å². The number of ether oxygens (including phenoxy) is 2. The van der Waals surface area contributed by atoms with Gasteiger partial charge in [0.25, 0.3) is 0 Å². The molecule has 2 heterocycles. The van der Waals surface area contributed by atoms with Crippen molar-refractivity contribution in [3.8, 4) is 11.5 Å². The molecule has 4 rings (SSSR count). The summed E-state index contributed by atoms with van der Waals surface area (Å²) < 4.78 is 38.0. The lowest BCUT2D eigenvalue weighted by molar-refractivity contribution is 0.395. The summed E-state index contributed by atoms with van der Waals surface area (Å²) in [5, 5.41) is 7.70. The van der Waals surface area contributed by atoms with E-state index in [0.717, 1.165) is 17.5 Å². The van der Waals surface area contributed by atoms with Crippen molar-refractivity contribution in [2.45, 2.75) is 12.6 Å². The Morgan fingerprint density at radius 3 is 2.48 bits per heavy atom. The molecular weight excluding hydrogens is 420 g/mol. The van der Waals surface area contributed by atoms with Gasteiger partial charge in [-0.3, -0.25) is 9.71 Å². The van der Waals surface area contributed by atoms with Crippen LogP contribution in [-0.4, -0.2) is 49.9 Å². The molecule has 1 unspecified atom stereocenters. The van der Waals surface area contributed by atoms with E-state index in [1.165, 1.54) is 0 Å². The minimum Gasteiger partial charge on any atom is -0.497 e. The summed E-state index contributed by atoms with van der Waals surface area (Å²) in [6, 6.07) is 12.1. The maximum Gasteiger partial charge on any atom is 0.246 e. The normalized spacial score (nSPS) is 15.3. The van der Waals surface area contributed by atoms with Crippen LogP contribution in [-0.2, 0) is 16.6 Å². The molecule has 0 radical (unpaired) electrons. The van der Waals surface area contributed by atoms with Crippen LogP contribution in [0.4, 0.5) is 17.3 Å². The van der Waals surface area contributed by atoms with E-state index in [0.29, 0.717) is 35.5 Å². The van der Waals surface area contributed by atoms with Gasteiger partial charge in [-0.25, -0.2) is 13.1 Å². The molecule has 1 aromatic heterocycles. The van der Waals surface area contributed by atoms with E-state index in [4.69, 9.17) is 9.47 Å². The summed E-state index contributed by atoms with van der Waals surface area (Å²) in [5.41, 5.74) is 1.98. The molecule has 2 aromatic carbocycles. The Hall–Kier alpha value is -3.60. The van der Waals surface area contributed by atoms with Crippen LogP contribution in [0.5, 0.6) is 11.5 Å². The SMILES string of the molecule is COc1cc(Nc2nc3n(n2)CC=NC3c2cccc(NS(C)(=O)=O)c2)cc(OC)c1. The standard InChI is InChI=1S/C20H22N6O4S/c1-29-16-10-15(11-17(12-16)30-2)22-20-23-19-18(21-7-8-26(19)24-20)13-5-4-6-14(9-13)25-31(3,27)28/h4-7,9-12,18,25H,8H2,1-3H3,(H,22,24). The van der Waals surface area contributed by atoms with Crippen LogP contribution in [0.25, 0.3) is 0 Å². The highest BCUT2D eigenvalue weighted by Gasteiger charge is 2.24. The van der Waals surface area contributed by atoms with Gasteiger partial charge in [-0.2, -0.15) is 4.98 Å². The van der Waals surface area contributed by atoms with Gasteiger partial charge in [-0.1, -0.05) is 12.1 Å². The zero-order valence-corrected chi connectivity index (χ0v) is 18.0. The molecule has 1 atom stereocenters. The van der Waals surface area contributed by atoms with Crippen molar-refractivity contribution in [3.05, 3.63) is 53.9 Å². The van der Waals surface area contributed by atoms with Crippen LogP contribution < -0.4 is 19.5 Å². The highest BCUT2D eigenvalue weighted by Crippen LogP contribution is 2.31. The highest BCUT2D eigenvalue weighted by molar-refractivity contribution is 7.92. The number of aromatic nitrogens is 3. The second-order valence-corrected chi connectivity index (χ2v) is 8.68. The first kappa shape index (κ1) is 20.7. The molecule has 2 N–H and O–H groups in total. The molecule has 31 heavy (non-hydrogen) atoms. The smallest absolute Gasteiger partial charge is 0.246 e. The molecule has 0 saturated heterocycles. The molecular formula is C20H22N6O4S. The van der Waals surface area contributed by atoms with Crippen LogP contribution in [0.3, 0.4) is 0 Å². The Kier molecular flexibility index (Phi) is 5.51. The first-order valence-electron chi connectivity index (χ1n) is 9.39. The summed E-state index contributed by atoms with van der Waals surface area (Å²) in [6.45, 7) is 0.489. The molecule has 1 aliphatic heterocycles. The van der Waals surface area contributed by atoms with E-state index >= 15 is 0 Å². The minimum atomic E-state index is -3.38. The van der Waals surface area contributed by atoms with Crippen molar-refractivity contribution in [1.29, 1.82) is 0 Å². The molecule has 11 heteroatoms. The van der Waals surface area contributed by atoms with Gasteiger partial charge in [0.15, 0.2) is 5.82 Å². The largest absolute Gasteiger partial charge is 0.497 e. The van der Waals surface area contributed by atoms with E-state index in [1.807, 2.05) is 18.2 Å². The fraction of sp³-hybridized carbons (Fsp3) is 0.250. The average molecular weight is 443 g/mol. The van der Waals surface area contributed by atoms with E-state index in [-0.39, 0.29) is 0 Å². The van der Waals surface area contributed by atoms with Gasteiger partial charge in [0.05, 0.1) is 27.0 Å². The number of nitrogens with zero attached hydrogens (tertiary/aromatic N) is 4. The third kappa shape index (κ3) is 4.77. The average Bonchev–Trinajstić information content (AvgIpc) is 3.14. The summed E-state index contributed by atoms with van der Waals surface area (Å²) in [5.74, 6) is 2.34. The van der Waals surface area contributed by atoms with Gasteiger partial charge < -0.3 is 14.8 Å². The second-order valence-electron chi connectivity index (χ2n) is 6.94. The molecule has 1 aliphatic rings. The van der Waals surface area contributed by atoms with Crippen molar-refractivity contribution < 1.29 is 17.9 Å². The van der Waals surface area contributed by atoms with Crippen molar-refractivity contribution in [1.82, 2.24) is 14.8 Å². The van der Waals surface area contributed by atoms with E-state index in [1.54, 1.807) is 49.4 Å². The van der Waals surface area contributed by atoms with Gasteiger partial charge >= 0.3 is 0 Å². The number of benzene rings is 2. The zero-order valence-electron chi connectivity index (χ0n) is 17.2. The Morgan fingerprint density at radius 2 is 1.81 bits per heavy atom. The summed E-state index contributed by atoms with van der Waals surface area (Å²) in [6.07, 6.45) is 2.88. The fourth-order valence-electron chi connectivity index (χ4n) is 3.27. The molecule has 0 spiro atoms. The first-order chi connectivity index (χ1) is 14.8. The minimum absolute atomic E-state index is 0.405. The molecule has 0 amide bonds. The zero-order chi connectivity index (χ0) is 22.0. The van der Waals surface area contributed by atoms with Gasteiger partial charge in [-0.15, -0.1) is 5.10 Å². The van der Waals surface area contributed by atoms with Crippen LogP contribution in [0.15, 0.2) is 47.5 Å². The van der Waals surface area contributed by atoms with Gasteiger partial charge in [-0.05, 0) is 17.7 Å². The Morgan fingerprint density at radius 1 is 1.06 bits per heavy atom. The maximum atomic E-state index is 11.6. The van der Waals surface area contributed by atoms with Crippen LogP contribution >= 0.6 is 0 Å². The number of hydrogen-bond acceptors (Lipinski definition) is 8. The number of nitrogens with one attached hydrogen (secondary N) is 2. The summed E-state index contributed by atoms with van der Waals surface area (Å²) in [4.78, 5) is 9.19. The molecule has 0 aliphatic carbocycles. The lowest BCUT2D eigenvalue weighted by atomic mass is 10.1. The van der Waals surface area contributed by atoms with Crippen molar-refractivity contribution in [2.24, 2.45) is 4.99 Å². The number of sulfonamides is 1. The fourth-order valence-corrected chi connectivity index (χ4v) is 3.83. The summed E-state index contributed by atoms with van der Waals surface area (Å²) >= 11 is 0. The maximum absolute atomic E-state index is 11.6. The third-order valence-electron chi connectivity index (χ3n) is 4.57. The number of anilines is 3. The lowest BCUT2D eigenvalue weighted by Crippen LogP contribution is -2.17. The van der Waals surface area contributed by atoms with Gasteiger partial charge in [0, 0.05) is 35.8 Å². The monoisotopic (exact) mass is 442 g/mol. The van der Waals surface area contributed by atoms with Crippen molar-refractivity contribution in [2.75, 3.05) is 30.5 Å². The van der Waals surface area contributed by atoms with Crippen LogP contribution in [0, 0.1) is 0 Å². The predicted molar refractivity (Wildman–Crippen MR) is 118 cm³/mol. The molecule has 162 valence electrons. The Labute approximate surface area is 180 Å². The van der Waals surface area contributed by atoms with Crippen molar-refractivity contribution >= 4 is 33.6 Å². The third-order valence-corrected chi connectivity index (χ3v) is 5.17. The molecule has 0 saturated carbocycles. The van der Waals surface area contributed by atoms with E-state index in [2.05, 4.69) is 25.1 Å². The summed E-state index contributed by atoms with van der Waals surface area (Å²) in [7, 11) is -0.211. The quantitative estimate of drug-likeness (QED) is 0.577. The van der Waals surface area contributed by atoms with Gasteiger partial charge in [0.1, 0.15) is 17.5 Å². The van der Waals surface area contributed by atoms with Crippen LogP contribution in [0.2, 0.25) is 0 Å². The van der Waals surface area contributed by atoms with Crippen molar-refractivity contribution in [3.63, 3.8) is 0 Å². The number of rotatable bonds is 7. The number of fused-ring (bicyclic) bond motifs is 1. The highest BCUT2D eigenvalue weighted by atomic mass is 32.2. The molecule has 3 aromatic rings. The molecule has 0 bridgehead atoms. The number of aliphatic imine (C=N–C) groups is 1. The van der Waals surface area contributed by atoms with E-state index < -0.39 is 16.1 Å². The second kappa shape index (κ2) is 8.26. The molecule has 10 nitrogen and oxygen atoms in total. The Balaban J connectivity index is 1.63. The predicted octanol–water partition coefficient (Wildman–Crippen LogP) is 2.58. The topological polar surface area (TPSA) is 120 Å². The number of methoxy groups -OCH3 is 2.